The molecule has 0 aliphatic heterocycles. The van der Waals surface area contributed by atoms with Gasteiger partial charge in [-0.15, -0.1) is 0 Å². The van der Waals surface area contributed by atoms with Crippen LogP contribution in [0.25, 0.3) is 0 Å². The maximum absolute atomic E-state index is 11.9. The zero-order valence-corrected chi connectivity index (χ0v) is 15.2. The van der Waals surface area contributed by atoms with Gasteiger partial charge in [0.05, 0.1) is 11.7 Å². The van der Waals surface area contributed by atoms with Gasteiger partial charge in [-0.05, 0) is 60.9 Å². The molecular weight excluding hydrogens is 348 g/mol. The van der Waals surface area contributed by atoms with Gasteiger partial charge in [-0.1, -0.05) is 19.1 Å². The second-order valence-corrected chi connectivity index (χ2v) is 5.70. The molecule has 0 unspecified atom stereocenters. The highest BCUT2D eigenvalue weighted by Gasteiger charge is 2.04. The Hall–Kier alpha value is -3.35. The summed E-state index contributed by atoms with van der Waals surface area (Å²) in [4.78, 5) is 22.2. The molecule has 1 N–H and O–H groups in total. The number of aliphatic carboxylic acids is 1. The molecule has 0 fully saturated rings. The number of ether oxygens (including phenoxy) is 2. The van der Waals surface area contributed by atoms with Crippen LogP contribution in [0.3, 0.4) is 0 Å². The average Bonchev–Trinajstić information content (AvgIpc) is 2.69. The highest BCUT2D eigenvalue weighted by atomic mass is 16.5. The molecule has 0 atom stereocenters. The van der Waals surface area contributed by atoms with Crippen molar-refractivity contribution >= 4 is 17.6 Å². The van der Waals surface area contributed by atoms with Crippen LogP contribution in [0.2, 0.25) is 0 Å². The minimum atomic E-state index is -1.29. The van der Waals surface area contributed by atoms with Gasteiger partial charge in [0.2, 0.25) is 0 Å². The maximum atomic E-state index is 11.9. The van der Waals surface area contributed by atoms with E-state index >= 15 is 0 Å². The van der Waals surface area contributed by atoms with Crippen molar-refractivity contribution in [3.8, 4) is 11.5 Å². The topological polar surface area (TPSA) is 100 Å². The SMILES string of the molecule is CCc1ccc(OCC(=O)N/N=C(/C)c2ccc(OCC(=O)[O-])cc2)cc1. The molecule has 0 aromatic heterocycles. The Bertz CT molecular complexity index is 798. The van der Waals surface area contributed by atoms with Crippen LogP contribution in [-0.2, 0) is 16.0 Å². The Kier molecular flexibility index (Phi) is 7.37. The molecule has 2 rings (SSSR count). The van der Waals surface area contributed by atoms with Crippen molar-refractivity contribution < 1.29 is 24.2 Å². The molecule has 0 bridgehead atoms. The van der Waals surface area contributed by atoms with E-state index in [-0.39, 0.29) is 12.5 Å². The van der Waals surface area contributed by atoms with Crippen LogP contribution in [0.4, 0.5) is 0 Å². The second-order valence-electron chi connectivity index (χ2n) is 5.70. The molecule has 142 valence electrons. The van der Waals surface area contributed by atoms with Crippen LogP contribution in [0.1, 0.15) is 25.0 Å². The van der Waals surface area contributed by atoms with E-state index in [2.05, 4.69) is 17.5 Å². The Morgan fingerprint density at radius 3 is 2.07 bits per heavy atom. The van der Waals surface area contributed by atoms with Crippen LogP contribution in [-0.4, -0.2) is 30.8 Å². The molecule has 1 amide bonds. The first kappa shape index (κ1) is 20.0. The number of nitrogens with one attached hydrogen (secondary N) is 1. The molecule has 2 aromatic rings. The third-order valence-electron chi connectivity index (χ3n) is 3.68. The molecular formula is C20H21N2O5-. The Labute approximate surface area is 157 Å². The Morgan fingerprint density at radius 2 is 1.52 bits per heavy atom. The summed E-state index contributed by atoms with van der Waals surface area (Å²) < 4.78 is 10.4. The number of carbonyl (C=O) groups excluding carboxylic acids is 2. The average molecular weight is 369 g/mol. The van der Waals surface area contributed by atoms with E-state index < -0.39 is 12.6 Å². The third-order valence-corrected chi connectivity index (χ3v) is 3.68. The zero-order valence-electron chi connectivity index (χ0n) is 15.2. The predicted octanol–water partition coefficient (Wildman–Crippen LogP) is 1.30. The number of benzene rings is 2. The number of hydrazone groups is 1. The van der Waals surface area contributed by atoms with E-state index in [0.717, 1.165) is 12.0 Å². The normalized spacial score (nSPS) is 11.0. The van der Waals surface area contributed by atoms with Crippen molar-refractivity contribution in [2.75, 3.05) is 13.2 Å². The van der Waals surface area contributed by atoms with Crippen LogP contribution in [0.15, 0.2) is 53.6 Å². The first-order valence-electron chi connectivity index (χ1n) is 8.46. The van der Waals surface area contributed by atoms with E-state index in [1.165, 1.54) is 5.56 Å². The highest BCUT2D eigenvalue weighted by molar-refractivity contribution is 5.99. The molecule has 0 spiro atoms. The number of carboxylic acid groups (broad SMARTS) is 1. The highest BCUT2D eigenvalue weighted by Crippen LogP contribution is 2.13. The maximum Gasteiger partial charge on any atom is 0.277 e. The van der Waals surface area contributed by atoms with Gasteiger partial charge in [0.1, 0.15) is 18.1 Å². The first-order valence-corrected chi connectivity index (χ1v) is 8.46. The third kappa shape index (κ3) is 6.81. The monoisotopic (exact) mass is 369 g/mol. The fourth-order valence-electron chi connectivity index (χ4n) is 2.15. The number of amides is 1. The van der Waals surface area contributed by atoms with Gasteiger partial charge in [-0.25, -0.2) is 5.43 Å². The zero-order chi connectivity index (χ0) is 19.6. The van der Waals surface area contributed by atoms with Crippen molar-refractivity contribution in [1.29, 1.82) is 0 Å². The second kappa shape index (κ2) is 9.96. The van der Waals surface area contributed by atoms with Gasteiger partial charge >= 0.3 is 0 Å². The van der Waals surface area contributed by atoms with Crippen molar-refractivity contribution in [3.05, 3.63) is 59.7 Å². The molecule has 0 aliphatic rings. The summed E-state index contributed by atoms with van der Waals surface area (Å²) in [7, 11) is 0. The first-order chi connectivity index (χ1) is 13.0. The van der Waals surface area contributed by atoms with Gasteiger partial charge in [0, 0.05) is 0 Å². The molecule has 0 heterocycles. The van der Waals surface area contributed by atoms with Gasteiger partial charge < -0.3 is 19.4 Å². The summed E-state index contributed by atoms with van der Waals surface area (Å²) >= 11 is 0. The van der Waals surface area contributed by atoms with Crippen molar-refractivity contribution in [2.45, 2.75) is 20.3 Å². The molecule has 0 aliphatic carbocycles. The van der Waals surface area contributed by atoms with Crippen molar-refractivity contribution in [2.24, 2.45) is 5.10 Å². The standard InChI is InChI=1S/C20H22N2O5/c1-3-15-4-8-17(9-5-15)26-12-19(23)22-21-14(2)16-6-10-18(11-7-16)27-13-20(24)25/h4-11H,3,12-13H2,1-2H3,(H,22,23)(H,24,25)/p-1/b21-14-. The van der Waals surface area contributed by atoms with Crippen molar-refractivity contribution in [1.82, 2.24) is 5.43 Å². The Balaban J connectivity index is 1.82. The predicted molar refractivity (Wildman–Crippen MR) is 98.6 cm³/mol. The summed E-state index contributed by atoms with van der Waals surface area (Å²) in [6.45, 7) is 3.15. The summed E-state index contributed by atoms with van der Waals surface area (Å²) in [5, 5.41) is 14.4. The van der Waals surface area contributed by atoms with Gasteiger partial charge in [-0.2, -0.15) is 5.10 Å². The van der Waals surface area contributed by atoms with Crippen LogP contribution < -0.4 is 20.0 Å². The fourth-order valence-corrected chi connectivity index (χ4v) is 2.15. The van der Waals surface area contributed by atoms with E-state index in [0.29, 0.717) is 17.2 Å². The molecule has 7 nitrogen and oxygen atoms in total. The lowest BCUT2D eigenvalue weighted by Crippen LogP contribution is -2.28. The van der Waals surface area contributed by atoms with E-state index in [1.807, 2.05) is 24.3 Å². The number of nitrogens with zero attached hydrogens (tertiary/aromatic N) is 1. The van der Waals surface area contributed by atoms with E-state index in [9.17, 15) is 14.7 Å². The minimum absolute atomic E-state index is 0.141. The van der Waals surface area contributed by atoms with Gasteiger partial charge in [0.15, 0.2) is 6.61 Å². The number of carboxylic acids is 1. The van der Waals surface area contributed by atoms with Crippen LogP contribution in [0, 0.1) is 0 Å². The number of hydrogen-bond acceptors (Lipinski definition) is 6. The molecule has 0 saturated heterocycles. The van der Waals surface area contributed by atoms with Crippen molar-refractivity contribution in [3.63, 3.8) is 0 Å². The fraction of sp³-hybridized carbons (Fsp3) is 0.250. The van der Waals surface area contributed by atoms with Crippen LogP contribution in [0.5, 0.6) is 11.5 Å². The largest absolute Gasteiger partial charge is 0.546 e. The lowest BCUT2D eigenvalue weighted by atomic mass is 10.1. The Morgan fingerprint density at radius 1 is 0.963 bits per heavy atom. The minimum Gasteiger partial charge on any atom is -0.546 e. The summed E-state index contributed by atoms with van der Waals surface area (Å²) in [6.07, 6.45) is 0.943. The smallest absolute Gasteiger partial charge is 0.277 e. The molecule has 7 heteroatoms. The molecule has 0 saturated carbocycles. The number of hydrogen-bond donors (Lipinski definition) is 1. The number of carbonyl (C=O) groups is 2. The van der Waals surface area contributed by atoms with Gasteiger partial charge in [0.25, 0.3) is 5.91 Å². The molecule has 27 heavy (non-hydrogen) atoms. The lowest BCUT2D eigenvalue weighted by molar-refractivity contribution is -0.307. The molecule has 2 aromatic carbocycles. The quantitative estimate of drug-likeness (QED) is 0.530. The summed E-state index contributed by atoms with van der Waals surface area (Å²) in [6, 6.07) is 14.2. The number of rotatable bonds is 9. The summed E-state index contributed by atoms with van der Waals surface area (Å²) in [5.41, 5.74) is 4.97. The lowest BCUT2D eigenvalue weighted by Gasteiger charge is -2.08. The van der Waals surface area contributed by atoms with E-state index in [4.69, 9.17) is 9.47 Å². The van der Waals surface area contributed by atoms with Gasteiger partial charge in [-0.3, -0.25) is 4.79 Å². The number of aryl methyl sites for hydroxylation is 1. The summed E-state index contributed by atoms with van der Waals surface area (Å²) in [5.74, 6) is -0.636. The molecule has 0 radical (unpaired) electrons. The van der Waals surface area contributed by atoms with E-state index in [1.54, 1.807) is 31.2 Å². The van der Waals surface area contributed by atoms with Crippen LogP contribution >= 0.6 is 0 Å².